The van der Waals surface area contributed by atoms with E-state index < -0.39 is 17.3 Å². The standard InChI is InChI=1S/C33H38N8O4S/c34-30-27(18-25(36-37-30)23-3-1-2-4-28(23)42)40-15-13-38(14-16-40)19-20-9-11-39(12-10-20)21-5-6-22-24(17-21)32(45)41(33(22)46)26-7-8-29(43)35-31(26)44/h1-6,17-18,20,26,33,42,46H,7-16,19H2,(H2,34,37)(H,35,43,44). The summed E-state index contributed by atoms with van der Waals surface area (Å²) in [6, 6.07) is 14.3. The average Bonchev–Trinajstić information content (AvgIpc) is 3.31. The van der Waals surface area contributed by atoms with Gasteiger partial charge in [-0.3, -0.25) is 24.6 Å². The number of piperidine rings is 2. The number of aromatic nitrogens is 2. The molecular formula is C33H38N8O4S. The normalized spacial score (nSPS) is 22.7. The van der Waals surface area contributed by atoms with Gasteiger partial charge in [0.25, 0.3) is 5.91 Å². The Morgan fingerprint density at radius 3 is 2.39 bits per heavy atom. The number of nitrogens with zero attached hydrogens (tertiary/aromatic N) is 6. The van der Waals surface area contributed by atoms with Crippen LogP contribution >= 0.6 is 12.6 Å². The number of nitrogen functional groups attached to an aromatic ring is 1. The van der Waals surface area contributed by atoms with Crippen LogP contribution in [0.1, 0.15) is 47.0 Å². The molecule has 1 aromatic heterocycles. The van der Waals surface area contributed by atoms with Crippen molar-refractivity contribution in [2.75, 3.05) is 61.3 Å². The lowest BCUT2D eigenvalue weighted by Crippen LogP contribution is -2.53. The first-order chi connectivity index (χ1) is 22.3. The van der Waals surface area contributed by atoms with E-state index in [9.17, 15) is 19.5 Å². The molecule has 3 aromatic rings. The van der Waals surface area contributed by atoms with E-state index in [1.165, 1.54) is 4.90 Å². The molecule has 13 heteroatoms. The summed E-state index contributed by atoms with van der Waals surface area (Å²) in [5.74, 6) is 0.194. The number of nitrogens with two attached hydrogens (primary N) is 1. The molecule has 240 valence electrons. The molecule has 4 aliphatic rings. The predicted octanol–water partition coefficient (Wildman–Crippen LogP) is 2.66. The zero-order valence-corrected chi connectivity index (χ0v) is 26.4. The molecule has 0 spiro atoms. The SMILES string of the molecule is Nc1nnc(-c2ccccc2O)cc1N1CCN(CC2CCN(c3ccc4c(c3)C(=O)N(C3CCC(=O)NC3=O)C4S)CC2)CC1. The Balaban J connectivity index is 0.927. The van der Waals surface area contributed by atoms with Crippen molar-refractivity contribution < 1.29 is 19.5 Å². The summed E-state index contributed by atoms with van der Waals surface area (Å²) in [5.41, 5.74) is 10.7. The van der Waals surface area contributed by atoms with Gasteiger partial charge in [-0.1, -0.05) is 18.2 Å². The van der Waals surface area contributed by atoms with Crippen LogP contribution in [0.3, 0.4) is 0 Å². The van der Waals surface area contributed by atoms with Crippen molar-refractivity contribution in [1.29, 1.82) is 0 Å². The van der Waals surface area contributed by atoms with Gasteiger partial charge in [0.15, 0.2) is 5.82 Å². The van der Waals surface area contributed by atoms with Crippen LogP contribution in [0.25, 0.3) is 11.3 Å². The predicted molar refractivity (Wildman–Crippen MR) is 178 cm³/mol. The number of amides is 3. The molecular weight excluding hydrogens is 604 g/mol. The number of carbonyl (C=O) groups is 3. The molecule has 2 unspecified atom stereocenters. The third kappa shape index (κ3) is 5.73. The minimum absolute atomic E-state index is 0.163. The first kappa shape index (κ1) is 30.3. The fraction of sp³-hybridized carbons (Fsp3) is 0.424. The van der Waals surface area contributed by atoms with Crippen LogP contribution in [0.5, 0.6) is 5.75 Å². The molecule has 46 heavy (non-hydrogen) atoms. The number of hydrogen-bond donors (Lipinski definition) is 4. The summed E-state index contributed by atoms with van der Waals surface area (Å²) in [6.45, 7) is 6.38. The lowest BCUT2D eigenvalue weighted by Gasteiger charge is -2.40. The second kappa shape index (κ2) is 12.4. The van der Waals surface area contributed by atoms with Gasteiger partial charge in [-0.2, -0.15) is 0 Å². The molecule has 0 aliphatic carbocycles. The number of fused-ring (bicyclic) bond motifs is 1. The van der Waals surface area contributed by atoms with E-state index in [-0.39, 0.29) is 24.0 Å². The van der Waals surface area contributed by atoms with Crippen molar-refractivity contribution in [1.82, 2.24) is 25.3 Å². The fourth-order valence-corrected chi connectivity index (χ4v) is 7.68. The number of hydrogen-bond acceptors (Lipinski definition) is 11. The third-order valence-corrected chi connectivity index (χ3v) is 10.3. The Hall–Kier alpha value is -4.36. The number of anilines is 3. The monoisotopic (exact) mass is 642 g/mol. The molecule has 4 aliphatic heterocycles. The van der Waals surface area contributed by atoms with Gasteiger partial charge in [0.2, 0.25) is 11.8 Å². The molecule has 0 bridgehead atoms. The number of rotatable bonds is 6. The van der Waals surface area contributed by atoms with Crippen LogP contribution < -0.4 is 20.9 Å². The van der Waals surface area contributed by atoms with Gasteiger partial charge in [-0.15, -0.1) is 22.8 Å². The topological polar surface area (TPSA) is 148 Å². The smallest absolute Gasteiger partial charge is 0.256 e. The highest BCUT2D eigenvalue weighted by Crippen LogP contribution is 2.41. The maximum absolute atomic E-state index is 13.4. The molecule has 4 N–H and O–H groups in total. The van der Waals surface area contributed by atoms with E-state index in [1.807, 2.05) is 36.4 Å². The van der Waals surface area contributed by atoms with Crippen LogP contribution in [0.15, 0.2) is 48.5 Å². The highest BCUT2D eigenvalue weighted by molar-refractivity contribution is 7.80. The first-order valence-electron chi connectivity index (χ1n) is 15.9. The summed E-state index contributed by atoms with van der Waals surface area (Å²) in [7, 11) is 0. The van der Waals surface area contributed by atoms with E-state index in [1.54, 1.807) is 12.1 Å². The largest absolute Gasteiger partial charge is 0.507 e. The lowest BCUT2D eigenvalue weighted by molar-refractivity contribution is -0.137. The van der Waals surface area contributed by atoms with Crippen LogP contribution in [-0.4, -0.2) is 94.7 Å². The Labute approximate surface area is 272 Å². The number of phenols is 1. The van der Waals surface area contributed by atoms with Gasteiger partial charge >= 0.3 is 0 Å². The molecule has 5 heterocycles. The lowest BCUT2D eigenvalue weighted by atomic mass is 9.95. The number of piperazine rings is 1. The zero-order valence-electron chi connectivity index (χ0n) is 25.5. The maximum atomic E-state index is 13.4. The van der Waals surface area contributed by atoms with Gasteiger partial charge in [-0.25, -0.2) is 0 Å². The van der Waals surface area contributed by atoms with E-state index in [0.29, 0.717) is 35.0 Å². The van der Waals surface area contributed by atoms with Crippen molar-refractivity contribution in [2.45, 2.75) is 37.1 Å². The highest BCUT2D eigenvalue weighted by Gasteiger charge is 2.44. The van der Waals surface area contributed by atoms with E-state index in [4.69, 9.17) is 5.73 Å². The van der Waals surface area contributed by atoms with Crippen LogP contribution in [-0.2, 0) is 9.59 Å². The van der Waals surface area contributed by atoms with Crippen molar-refractivity contribution in [3.05, 3.63) is 59.7 Å². The minimum atomic E-state index is -0.693. The Morgan fingerprint density at radius 2 is 1.65 bits per heavy atom. The van der Waals surface area contributed by atoms with Crippen molar-refractivity contribution in [3.63, 3.8) is 0 Å². The first-order valence-corrected chi connectivity index (χ1v) is 16.4. The zero-order chi connectivity index (χ0) is 31.9. The summed E-state index contributed by atoms with van der Waals surface area (Å²) >= 11 is 4.69. The van der Waals surface area contributed by atoms with Gasteiger partial charge in [0.05, 0.1) is 11.4 Å². The summed E-state index contributed by atoms with van der Waals surface area (Å²) in [6.07, 6.45) is 2.65. The Morgan fingerprint density at radius 1 is 0.891 bits per heavy atom. The third-order valence-electron chi connectivity index (χ3n) is 9.78. The van der Waals surface area contributed by atoms with Crippen molar-refractivity contribution >= 4 is 47.5 Å². The number of benzene rings is 2. The molecule has 0 radical (unpaired) electrons. The van der Waals surface area contributed by atoms with Gasteiger partial charge < -0.3 is 25.5 Å². The van der Waals surface area contributed by atoms with Crippen LogP contribution in [0.4, 0.5) is 17.2 Å². The fourth-order valence-electron chi connectivity index (χ4n) is 7.19. The number of para-hydroxylation sites is 1. The highest BCUT2D eigenvalue weighted by atomic mass is 32.1. The van der Waals surface area contributed by atoms with E-state index in [2.05, 4.69) is 42.8 Å². The van der Waals surface area contributed by atoms with Gasteiger partial charge in [-0.05, 0) is 61.1 Å². The quantitative estimate of drug-likeness (QED) is 0.234. The number of imide groups is 1. The molecule has 3 saturated heterocycles. The molecule has 3 amide bonds. The van der Waals surface area contributed by atoms with Gasteiger partial charge in [0.1, 0.15) is 17.2 Å². The molecule has 7 rings (SSSR count). The molecule has 3 fully saturated rings. The molecule has 12 nitrogen and oxygen atoms in total. The van der Waals surface area contributed by atoms with E-state index >= 15 is 0 Å². The molecule has 0 saturated carbocycles. The summed E-state index contributed by atoms with van der Waals surface area (Å²) in [5, 5.41) is 20.5. The second-order valence-electron chi connectivity index (χ2n) is 12.6. The van der Waals surface area contributed by atoms with Crippen molar-refractivity contribution in [3.8, 4) is 17.0 Å². The summed E-state index contributed by atoms with van der Waals surface area (Å²) in [4.78, 5) is 46.2. The Kier molecular flexibility index (Phi) is 8.20. The second-order valence-corrected chi connectivity index (χ2v) is 13.0. The number of nitrogens with one attached hydrogen (secondary N) is 1. The molecule has 2 aromatic carbocycles. The average molecular weight is 643 g/mol. The number of aromatic hydroxyl groups is 1. The van der Waals surface area contributed by atoms with Crippen LogP contribution in [0.2, 0.25) is 0 Å². The van der Waals surface area contributed by atoms with Gasteiger partial charge in [0, 0.05) is 69.0 Å². The summed E-state index contributed by atoms with van der Waals surface area (Å²) < 4.78 is 0. The van der Waals surface area contributed by atoms with Crippen molar-refractivity contribution in [2.24, 2.45) is 5.92 Å². The number of carbonyl (C=O) groups excluding carboxylic acids is 3. The number of phenolic OH excluding ortho intramolecular Hbond substituents is 1. The van der Waals surface area contributed by atoms with Crippen LogP contribution in [0, 0.1) is 5.92 Å². The molecule has 2 atom stereocenters. The maximum Gasteiger partial charge on any atom is 0.256 e. The van der Waals surface area contributed by atoms with E-state index in [0.717, 1.165) is 75.6 Å². The number of thiol groups is 1. The Bertz CT molecular complexity index is 1670. The minimum Gasteiger partial charge on any atom is -0.507 e.